The van der Waals surface area contributed by atoms with Crippen LogP contribution in [-0.4, -0.2) is 17.0 Å². The number of nitriles is 1. The molecule has 170 valence electrons. The fourth-order valence-corrected chi connectivity index (χ4v) is 6.62. The van der Waals surface area contributed by atoms with Gasteiger partial charge in [-0.3, -0.25) is 19.8 Å². The summed E-state index contributed by atoms with van der Waals surface area (Å²) in [6.07, 6.45) is 2.96. The Hall–Kier alpha value is -3.09. The summed E-state index contributed by atoms with van der Waals surface area (Å²) in [4.78, 5) is 27.1. The molecule has 7 nitrogen and oxygen atoms in total. The van der Waals surface area contributed by atoms with Gasteiger partial charge in [0.05, 0.1) is 26.7 Å². The SMILES string of the molecule is CSc1sc(C)cc1[C@@H]1C(C#N)=C(N)N(c2ccc([N+](=O)[O-])cc2)C2=C1C(=O)CC(C)(C)C2. The molecule has 1 aliphatic carbocycles. The van der Waals surface area contributed by atoms with Gasteiger partial charge in [-0.25, -0.2) is 0 Å². The summed E-state index contributed by atoms with van der Waals surface area (Å²) in [5.41, 5.74) is 9.54. The van der Waals surface area contributed by atoms with Crippen LogP contribution >= 0.6 is 23.1 Å². The lowest BCUT2D eigenvalue weighted by atomic mass is 9.69. The van der Waals surface area contributed by atoms with E-state index in [1.165, 1.54) is 12.1 Å². The van der Waals surface area contributed by atoms with E-state index < -0.39 is 10.8 Å². The highest BCUT2D eigenvalue weighted by Gasteiger charge is 2.45. The van der Waals surface area contributed by atoms with Crippen LogP contribution in [0.4, 0.5) is 11.4 Å². The van der Waals surface area contributed by atoms with Crippen LogP contribution in [0.15, 0.2) is 57.2 Å². The van der Waals surface area contributed by atoms with Gasteiger partial charge < -0.3 is 5.73 Å². The van der Waals surface area contributed by atoms with Gasteiger partial charge in [0.25, 0.3) is 5.69 Å². The van der Waals surface area contributed by atoms with Crippen molar-refractivity contribution < 1.29 is 9.72 Å². The Morgan fingerprint density at radius 1 is 1.30 bits per heavy atom. The maximum atomic E-state index is 13.6. The zero-order valence-corrected chi connectivity index (χ0v) is 20.5. The van der Waals surface area contributed by atoms with Crippen molar-refractivity contribution in [3.05, 3.63) is 73.6 Å². The number of nitrogens with two attached hydrogens (primary N) is 1. The van der Waals surface area contributed by atoms with Crippen LogP contribution in [0.3, 0.4) is 0 Å². The van der Waals surface area contributed by atoms with Crippen LogP contribution in [-0.2, 0) is 4.79 Å². The van der Waals surface area contributed by atoms with Crippen molar-refractivity contribution in [1.82, 2.24) is 0 Å². The first kappa shape index (κ1) is 23.1. The molecule has 0 bridgehead atoms. The van der Waals surface area contributed by atoms with Gasteiger partial charge in [-0.2, -0.15) is 5.26 Å². The number of thiophene rings is 1. The lowest BCUT2D eigenvalue weighted by molar-refractivity contribution is -0.384. The van der Waals surface area contributed by atoms with Gasteiger partial charge in [-0.15, -0.1) is 23.1 Å². The Kier molecular flexibility index (Phi) is 5.85. The van der Waals surface area contributed by atoms with Crippen LogP contribution in [0, 0.1) is 33.8 Å². The van der Waals surface area contributed by atoms with E-state index in [4.69, 9.17) is 5.73 Å². The quantitative estimate of drug-likeness (QED) is 0.343. The maximum Gasteiger partial charge on any atom is 0.269 e. The molecule has 9 heteroatoms. The van der Waals surface area contributed by atoms with Crippen molar-refractivity contribution >= 4 is 40.3 Å². The summed E-state index contributed by atoms with van der Waals surface area (Å²) < 4.78 is 1.06. The fraction of sp³-hybridized carbons (Fsp3) is 0.333. The van der Waals surface area contributed by atoms with E-state index in [0.29, 0.717) is 29.7 Å². The number of Topliss-reactive ketones (excluding diaryl/α,β-unsaturated/α-hetero) is 1. The number of thioether (sulfide) groups is 1. The zero-order chi connectivity index (χ0) is 24.1. The predicted molar refractivity (Wildman–Crippen MR) is 131 cm³/mol. The zero-order valence-electron chi connectivity index (χ0n) is 18.8. The third-order valence-electron chi connectivity index (χ3n) is 6.04. The van der Waals surface area contributed by atoms with Crippen LogP contribution in [0.1, 0.15) is 43.0 Å². The average molecular weight is 481 g/mol. The van der Waals surface area contributed by atoms with Gasteiger partial charge in [0, 0.05) is 40.4 Å². The van der Waals surface area contributed by atoms with Gasteiger partial charge >= 0.3 is 0 Å². The number of carbonyl (C=O) groups excluding carboxylic acids is 1. The Morgan fingerprint density at radius 3 is 2.55 bits per heavy atom. The van der Waals surface area contributed by atoms with Crippen molar-refractivity contribution in [1.29, 1.82) is 5.26 Å². The van der Waals surface area contributed by atoms with E-state index in [1.807, 2.05) is 33.1 Å². The number of allylic oxidation sites excluding steroid dienone is 3. The molecule has 2 heterocycles. The normalized spacial score (nSPS) is 20.0. The highest BCUT2D eigenvalue weighted by molar-refractivity contribution is 8.00. The molecule has 0 saturated heterocycles. The molecule has 2 aliphatic rings. The third-order valence-corrected chi connectivity index (χ3v) is 8.26. The molecule has 1 atom stereocenters. The summed E-state index contributed by atoms with van der Waals surface area (Å²) in [5.74, 6) is -0.249. The molecular weight excluding hydrogens is 456 g/mol. The number of ketones is 1. The van der Waals surface area contributed by atoms with Gasteiger partial charge in [-0.1, -0.05) is 13.8 Å². The number of hydrogen-bond donors (Lipinski definition) is 1. The largest absolute Gasteiger partial charge is 0.384 e. The second kappa shape index (κ2) is 8.36. The number of aryl methyl sites for hydroxylation is 1. The number of anilines is 1. The summed E-state index contributed by atoms with van der Waals surface area (Å²) >= 11 is 3.24. The van der Waals surface area contributed by atoms with Gasteiger partial charge in [0.2, 0.25) is 0 Å². The minimum atomic E-state index is -0.518. The Morgan fingerprint density at radius 2 is 1.97 bits per heavy atom. The molecule has 0 fully saturated rings. The lowest BCUT2D eigenvalue weighted by Gasteiger charge is -2.43. The van der Waals surface area contributed by atoms with E-state index in [2.05, 4.69) is 6.07 Å². The van der Waals surface area contributed by atoms with Crippen molar-refractivity contribution in [2.75, 3.05) is 11.2 Å². The fourth-order valence-electron chi connectivity index (χ4n) is 4.71. The van der Waals surface area contributed by atoms with Gasteiger partial charge in [0.1, 0.15) is 5.82 Å². The Bertz CT molecular complexity index is 1270. The van der Waals surface area contributed by atoms with Crippen LogP contribution in [0.25, 0.3) is 0 Å². The van der Waals surface area contributed by atoms with E-state index in [1.54, 1.807) is 40.1 Å². The molecule has 2 N–H and O–H groups in total. The summed E-state index contributed by atoms with van der Waals surface area (Å²) in [6.45, 7) is 6.10. The van der Waals surface area contributed by atoms with Crippen molar-refractivity contribution in [2.45, 2.75) is 43.7 Å². The second-order valence-electron chi connectivity index (χ2n) is 9.06. The van der Waals surface area contributed by atoms with Crippen LogP contribution in [0.2, 0.25) is 0 Å². The molecular formula is C24H24N4O3S2. The number of rotatable bonds is 4. The van der Waals surface area contributed by atoms with Crippen molar-refractivity contribution in [3.63, 3.8) is 0 Å². The van der Waals surface area contributed by atoms with Crippen LogP contribution < -0.4 is 10.6 Å². The smallest absolute Gasteiger partial charge is 0.269 e. The van der Waals surface area contributed by atoms with E-state index in [9.17, 15) is 20.2 Å². The Balaban J connectivity index is 1.99. The molecule has 0 amide bonds. The first-order chi connectivity index (χ1) is 15.6. The topological polar surface area (TPSA) is 113 Å². The number of non-ortho nitro benzene ring substituents is 1. The van der Waals surface area contributed by atoms with E-state index in [-0.39, 0.29) is 22.7 Å². The number of benzene rings is 1. The molecule has 1 aliphatic heterocycles. The molecule has 1 aromatic carbocycles. The minimum Gasteiger partial charge on any atom is -0.384 e. The number of nitro benzene ring substituents is 1. The lowest BCUT2D eigenvalue weighted by Crippen LogP contribution is -2.42. The number of carbonyl (C=O) groups is 1. The molecule has 2 aromatic rings. The number of hydrogen-bond acceptors (Lipinski definition) is 8. The molecule has 0 radical (unpaired) electrons. The molecule has 33 heavy (non-hydrogen) atoms. The summed E-state index contributed by atoms with van der Waals surface area (Å²) in [6, 6.07) is 10.4. The highest BCUT2D eigenvalue weighted by atomic mass is 32.2. The van der Waals surface area contributed by atoms with E-state index >= 15 is 0 Å². The molecule has 4 rings (SSSR count). The molecule has 1 aromatic heterocycles. The third kappa shape index (κ3) is 3.94. The monoisotopic (exact) mass is 480 g/mol. The van der Waals surface area contributed by atoms with Crippen LogP contribution in [0.5, 0.6) is 0 Å². The summed E-state index contributed by atoms with van der Waals surface area (Å²) in [7, 11) is 0. The summed E-state index contributed by atoms with van der Waals surface area (Å²) in [5, 5.41) is 21.3. The second-order valence-corrected chi connectivity index (χ2v) is 11.4. The van der Waals surface area contributed by atoms with Crippen molar-refractivity contribution in [2.24, 2.45) is 11.1 Å². The van der Waals surface area contributed by atoms with Crippen molar-refractivity contribution in [3.8, 4) is 6.07 Å². The minimum absolute atomic E-state index is 0.00863. The number of nitro groups is 1. The Labute approximate surface area is 200 Å². The first-order valence-electron chi connectivity index (χ1n) is 10.4. The first-order valence-corrected chi connectivity index (χ1v) is 12.5. The highest BCUT2D eigenvalue weighted by Crippen LogP contribution is 2.52. The van der Waals surface area contributed by atoms with Gasteiger partial charge in [0.15, 0.2) is 5.78 Å². The predicted octanol–water partition coefficient (Wildman–Crippen LogP) is 5.63. The van der Waals surface area contributed by atoms with E-state index in [0.717, 1.165) is 20.3 Å². The molecule has 0 unspecified atom stereocenters. The standard InChI is InChI=1S/C24H24N4O3S2/c1-13-9-16(23(32-4)33-13)20-17(12-25)22(26)27(14-5-7-15(8-6-14)28(30)31)18-10-24(2,3)11-19(29)21(18)20/h5-9,20H,10-11,26H2,1-4H3/t20-/m1/s1. The number of nitrogens with zero attached hydrogens (tertiary/aromatic N) is 3. The molecule has 0 spiro atoms. The average Bonchev–Trinajstić information content (AvgIpc) is 3.12. The maximum absolute atomic E-state index is 13.6. The molecule has 0 saturated carbocycles. The van der Waals surface area contributed by atoms with Gasteiger partial charge in [-0.05, 0) is 48.8 Å².